The molecule has 3 unspecified atom stereocenters. The van der Waals surface area contributed by atoms with Gasteiger partial charge in [-0.05, 0) is 25.7 Å². The Bertz CT molecular complexity index is 399. The monoisotopic (exact) mass is 334 g/mol. The summed E-state index contributed by atoms with van der Waals surface area (Å²) in [7, 11) is 0. The minimum Gasteiger partial charge on any atom is -0.352 e. The minimum absolute atomic E-state index is 0.0988. The molecule has 3 atom stereocenters. The quantitative estimate of drug-likeness (QED) is 0.786. The third kappa shape index (κ3) is 4.04. The molecule has 4 nitrogen and oxygen atoms in total. The Labute approximate surface area is 136 Å². The van der Waals surface area contributed by atoms with E-state index >= 15 is 0 Å². The molecule has 0 aromatic heterocycles. The maximum atomic E-state index is 12.6. The Balaban J connectivity index is 1.97. The highest BCUT2D eigenvalue weighted by Crippen LogP contribution is 2.33. The molecular formula is C15H24Cl2N2O2. The van der Waals surface area contributed by atoms with Crippen LogP contribution in [0.4, 0.5) is 0 Å². The number of hydrogen-bond donors (Lipinski definition) is 1. The Kier molecular flexibility index (Phi) is 5.78. The average molecular weight is 335 g/mol. The Morgan fingerprint density at radius 1 is 1.29 bits per heavy atom. The normalized spacial score (nSPS) is 27.6. The first kappa shape index (κ1) is 16.9. The summed E-state index contributed by atoms with van der Waals surface area (Å²) in [6, 6.07) is -0.409. The lowest BCUT2D eigenvalue weighted by molar-refractivity contribution is -0.138. The van der Waals surface area contributed by atoms with Gasteiger partial charge in [0.05, 0.1) is 0 Å². The molecule has 2 rings (SSSR count). The third-order valence-electron chi connectivity index (χ3n) is 4.74. The number of carbonyl (C=O) groups excluding carboxylic acids is 2. The van der Waals surface area contributed by atoms with Crippen LogP contribution in [0.3, 0.4) is 0 Å². The molecule has 0 spiro atoms. The van der Waals surface area contributed by atoms with Crippen LogP contribution in [0.2, 0.25) is 0 Å². The topological polar surface area (TPSA) is 49.4 Å². The number of halogens is 2. The number of nitrogens with one attached hydrogen (secondary N) is 1. The SMILES string of the molecule is CC(=O)N1CCC(C(Cl)Cl)C1C(=O)NC(C)CC1CCC1. The highest BCUT2D eigenvalue weighted by molar-refractivity contribution is 6.44. The molecule has 1 aliphatic carbocycles. The van der Waals surface area contributed by atoms with Crippen molar-refractivity contribution in [2.24, 2.45) is 11.8 Å². The van der Waals surface area contributed by atoms with Gasteiger partial charge in [0.1, 0.15) is 10.9 Å². The fourth-order valence-corrected chi connectivity index (χ4v) is 3.91. The summed E-state index contributed by atoms with van der Waals surface area (Å²) in [5.41, 5.74) is 0. The third-order valence-corrected chi connectivity index (χ3v) is 5.39. The minimum atomic E-state index is -0.632. The molecule has 0 aromatic rings. The van der Waals surface area contributed by atoms with Crippen LogP contribution in [0.25, 0.3) is 0 Å². The molecule has 6 heteroatoms. The summed E-state index contributed by atoms with van der Waals surface area (Å²) in [5, 5.41) is 3.04. The maximum Gasteiger partial charge on any atom is 0.243 e. The van der Waals surface area contributed by atoms with Gasteiger partial charge in [-0.1, -0.05) is 19.3 Å². The van der Waals surface area contributed by atoms with Gasteiger partial charge in [-0.25, -0.2) is 0 Å². The number of carbonyl (C=O) groups is 2. The number of hydrogen-bond acceptors (Lipinski definition) is 2. The molecule has 2 aliphatic rings. The van der Waals surface area contributed by atoms with E-state index in [0.29, 0.717) is 13.0 Å². The lowest BCUT2D eigenvalue weighted by Gasteiger charge is -2.31. The number of alkyl halides is 2. The molecule has 2 fully saturated rings. The lowest BCUT2D eigenvalue weighted by atomic mass is 9.81. The number of amides is 2. The second-order valence-electron chi connectivity index (χ2n) is 6.39. The van der Waals surface area contributed by atoms with E-state index in [4.69, 9.17) is 23.2 Å². The fraction of sp³-hybridized carbons (Fsp3) is 0.867. The molecule has 0 aromatic carbocycles. The molecule has 1 heterocycles. The van der Waals surface area contributed by atoms with Gasteiger partial charge in [0.2, 0.25) is 11.8 Å². The predicted molar refractivity (Wildman–Crippen MR) is 84.3 cm³/mol. The Morgan fingerprint density at radius 2 is 1.95 bits per heavy atom. The van der Waals surface area contributed by atoms with Crippen molar-refractivity contribution in [2.45, 2.75) is 62.9 Å². The summed E-state index contributed by atoms with van der Waals surface area (Å²) in [6.45, 7) is 4.06. The van der Waals surface area contributed by atoms with Crippen LogP contribution in [-0.2, 0) is 9.59 Å². The van der Waals surface area contributed by atoms with Crippen molar-refractivity contribution in [1.29, 1.82) is 0 Å². The van der Waals surface area contributed by atoms with Gasteiger partial charge < -0.3 is 10.2 Å². The van der Waals surface area contributed by atoms with E-state index in [9.17, 15) is 9.59 Å². The van der Waals surface area contributed by atoms with Crippen LogP contribution < -0.4 is 5.32 Å². The zero-order chi connectivity index (χ0) is 15.6. The molecule has 0 bridgehead atoms. The van der Waals surface area contributed by atoms with Crippen LogP contribution in [0.15, 0.2) is 0 Å². The lowest BCUT2D eigenvalue weighted by Crippen LogP contribution is -2.51. The van der Waals surface area contributed by atoms with Crippen LogP contribution in [0.1, 0.15) is 46.0 Å². The molecular weight excluding hydrogens is 311 g/mol. The van der Waals surface area contributed by atoms with Gasteiger partial charge in [0.25, 0.3) is 0 Å². The summed E-state index contributed by atoms with van der Waals surface area (Å²) < 4.78 is 0. The highest BCUT2D eigenvalue weighted by atomic mass is 35.5. The van der Waals surface area contributed by atoms with Crippen LogP contribution in [0.5, 0.6) is 0 Å². The van der Waals surface area contributed by atoms with E-state index in [-0.39, 0.29) is 23.8 Å². The van der Waals surface area contributed by atoms with E-state index in [1.165, 1.54) is 26.2 Å². The molecule has 21 heavy (non-hydrogen) atoms. The molecule has 1 N–H and O–H groups in total. The molecule has 0 radical (unpaired) electrons. The van der Waals surface area contributed by atoms with Gasteiger partial charge in [-0.2, -0.15) is 0 Å². The van der Waals surface area contributed by atoms with Crippen molar-refractivity contribution in [3.05, 3.63) is 0 Å². The zero-order valence-electron chi connectivity index (χ0n) is 12.6. The van der Waals surface area contributed by atoms with Crippen LogP contribution in [-0.4, -0.2) is 40.2 Å². The van der Waals surface area contributed by atoms with Crippen molar-refractivity contribution >= 4 is 35.0 Å². The van der Waals surface area contributed by atoms with Crippen LogP contribution >= 0.6 is 23.2 Å². The van der Waals surface area contributed by atoms with E-state index in [2.05, 4.69) is 5.32 Å². The van der Waals surface area contributed by atoms with E-state index in [1.54, 1.807) is 4.90 Å². The molecule has 1 aliphatic heterocycles. The van der Waals surface area contributed by atoms with Gasteiger partial charge in [-0.15, -0.1) is 23.2 Å². The second kappa shape index (κ2) is 7.19. The first-order valence-corrected chi connectivity index (χ1v) is 8.63. The first-order valence-electron chi connectivity index (χ1n) is 7.76. The van der Waals surface area contributed by atoms with Gasteiger partial charge in [0.15, 0.2) is 0 Å². The van der Waals surface area contributed by atoms with Gasteiger partial charge in [0, 0.05) is 25.4 Å². The van der Waals surface area contributed by atoms with Crippen molar-refractivity contribution in [3.63, 3.8) is 0 Å². The predicted octanol–water partition coefficient (Wildman–Crippen LogP) is 2.72. The van der Waals surface area contributed by atoms with Crippen molar-refractivity contribution < 1.29 is 9.59 Å². The summed E-state index contributed by atoms with van der Waals surface area (Å²) in [5.74, 6) is 0.328. The summed E-state index contributed by atoms with van der Waals surface area (Å²) in [4.78, 5) is 25.2. The van der Waals surface area contributed by atoms with E-state index in [0.717, 1.165) is 12.3 Å². The molecule has 1 saturated heterocycles. The molecule has 2 amide bonds. The summed E-state index contributed by atoms with van der Waals surface area (Å²) >= 11 is 12.0. The van der Waals surface area contributed by atoms with Crippen molar-refractivity contribution in [2.75, 3.05) is 6.54 Å². The number of likely N-dealkylation sites (tertiary alicyclic amines) is 1. The summed E-state index contributed by atoms with van der Waals surface area (Å²) in [6.07, 6.45) is 5.50. The van der Waals surface area contributed by atoms with Crippen molar-refractivity contribution in [3.8, 4) is 0 Å². The zero-order valence-corrected chi connectivity index (χ0v) is 14.2. The number of nitrogens with zero attached hydrogens (tertiary/aromatic N) is 1. The Morgan fingerprint density at radius 3 is 2.43 bits per heavy atom. The van der Waals surface area contributed by atoms with Crippen molar-refractivity contribution in [1.82, 2.24) is 10.2 Å². The Hall–Kier alpha value is -0.480. The smallest absolute Gasteiger partial charge is 0.243 e. The van der Waals surface area contributed by atoms with Gasteiger partial charge >= 0.3 is 0 Å². The standard InChI is InChI=1S/C15H24Cl2N2O2/c1-9(8-11-4-3-5-11)18-15(21)13-12(14(16)17)6-7-19(13)10(2)20/h9,11-14H,3-8H2,1-2H3,(H,18,21). The van der Waals surface area contributed by atoms with E-state index in [1.807, 2.05) is 6.92 Å². The average Bonchev–Trinajstić information content (AvgIpc) is 2.78. The number of rotatable bonds is 5. The van der Waals surface area contributed by atoms with Gasteiger partial charge in [-0.3, -0.25) is 9.59 Å². The highest BCUT2D eigenvalue weighted by Gasteiger charge is 2.43. The fourth-order valence-electron chi connectivity index (χ4n) is 3.38. The first-order chi connectivity index (χ1) is 9.90. The molecule has 1 saturated carbocycles. The van der Waals surface area contributed by atoms with E-state index < -0.39 is 10.9 Å². The maximum absolute atomic E-state index is 12.6. The van der Waals surface area contributed by atoms with Crippen LogP contribution in [0, 0.1) is 11.8 Å². The second-order valence-corrected chi connectivity index (χ2v) is 7.55. The molecule has 120 valence electrons. The largest absolute Gasteiger partial charge is 0.352 e.